The van der Waals surface area contributed by atoms with E-state index >= 15 is 0 Å². The fourth-order valence-electron chi connectivity index (χ4n) is 3.81. The van der Waals surface area contributed by atoms with E-state index in [0.29, 0.717) is 17.1 Å². The van der Waals surface area contributed by atoms with Gasteiger partial charge in [-0.05, 0) is 55.0 Å². The van der Waals surface area contributed by atoms with Crippen molar-refractivity contribution in [3.05, 3.63) is 82.0 Å². The van der Waals surface area contributed by atoms with Crippen LogP contribution in [-0.2, 0) is 6.54 Å². The molecule has 0 bridgehead atoms. The number of rotatable bonds is 2. The molecule has 1 aliphatic rings. The Hall–Kier alpha value is -2.85. The van der Waals surface area contributed by atoms with Crippen molar-refractivity contribution < 1.29 is 9.53 Å². The van der Waals surface area contributed by atoms with Crippen LogP contribution in [0.25, 0.3) is 27.9 Å². The highest BCUT2D eigenvalue weighted by molar-refractivity contribution is 9.10. The molecule has 3 aromatic carbocycles. The van der Waals surface area contributed by atoms with Gasteiger partial charge in [-0.3, -0.25) is 4.79 Å². The summed E-state index contributed by atoms with van der Waals surface area (Å²) in [5.74, 6) is 0.891. The molecule has 0 unspecified atom stereocenters. The Morgan fingerprint density at radius 1 is 1.00 bits per heavy atom. The van der Waals surface area contributed by atoms with Crippen LogP contribution in [0.15, 0.2) is 70.9 Å². The lowest BCUT2D eigenvalue weighted by molar-refractivity contribution is 0.101. The molecule has 132 valence electrons. The summed E-state index contributed by atoms with van der Waals surface area (Å²) in [6.07, 6.45) is 1.83. The number of ketones is 1. The summed E-state index contributed by atoms with van der Waals surface area (Å²) in [5.41, 5.74) is 3.98. The van der Waals surface area contributed by atoms with Crippen molar-refractivity contribution in [2.24, 2.45) is 0 Å². The summed E-state index contributed by atoms with van der Waals surface area (Å²) in [4.78, 5) is 12.7. The van der Waals surface area contributed by atoms with Crippen LogP contribution in [0.4, 0.5) is 0 Å². The van der Waals surface area contributed by atoms with Gasteiger partial charge in [-0.25, -0.2) is 0 Å². The molecular formula is C23H16BrNO2. The van der Waals surface area contributed by atoms with Gasteiger partial charge in [-0.2, -0.15) is 0 Å². The quantitative estimate of drug-likeness (QED) is 0.364. The van der Waals surface area contributed by atoms with Crippen LogP contribution in [0.2, 0.25) is 0 Å². The number of benzene rings is 3. The number of aryl methyl sites for hydroxylation is 1. The molecule has 0 saturated carbocycles. The number of hydrogen-bond donors (Lipinski definition) is 0. The van der Waals surface area contributed by atoms with Gasteiger partial charge in [0.15, 0.2) is 5.76 Å². The minimum absolute atomic E-state index is 0.0811. The zero-order valence-corrected chi connectivity index (χ0v) is 16.3. The Morgan fingerprint density at radius 3 is 2.67 bits per heavy atom. The van der Waals surface area contributed by atoms with Crippen molar-refractivity contribution in [2.45, 2.75) is 13.5 Å². The van der Waals surface area contributed by atoms with E-state index in [9.17, 15) is 4.79 Å². The molecule has 5 rings (SSSR count). The molecule has 0 radical (unpaired) electrons. The summed E-state index contributed by atoms with van der Waals surface area (Å²) < 4.78 is 8.97. The molecule has 0 amide bonds. The van der Waals surface area contributed by atoms with Crippen molar-refractivity contribution in [3.8, 4) is 5.75 Å². The van der Waals surface area contributed by atoms with Gasteiger partial charge in [-0.15, -0.1) is 0 Å². The van der Waals surface area contributed by atoms with Crippen LogP contribution >= 0.6 is 15.9 Å². The number of aromatic nitrogens is 1. The van der Waals surface area contributed by atoms with Gasteiger partial charge >= 0.3 is 0 Å². The Bertz CT molecular complexity index is 1270. The van der Waals surface area contributed by atoms with Crippen LogP contribution in [0.5, 0.6) is 5.75 Å². The van der Waals surface area contributed by atoms with E-state index in [1.807, 2.05) is 24.3 Å². The summed E-state index contributed by atoms with van der Waals surface area (Å²) in [5, 5.41) is 2.41. The van der Waals surface area contributed by atoms with Gasteiger partial charge in [0.25, 0.3) is 0 Å². The average molecular weight is 418 g/mol. The van der Waals surface area contributed by atoms with E-state index in [1.165, 1.54) is 21.8 Å². The zero-order valence-electron chi connectivity index (χ0n) is 14.7. The van der Waals surface area contributed by atoms with Crippen molar-refractivity contribution in [1.82, 2.24) is 4.57 Å². The van der Waals surface area contributed by atoms with Crippen LogP contribution in [0.1, 0.15) is 22.8 Å². The molecule has 3 nitrogen and oxygen atoms in total. The summed E-state index contributed by atoms with van der Waals surface area (Å²) in [6.45, 7) is 3.07. The third-order valence-electron chi connectivity index (χ3n) is 5.04. The number of ether oxygens (including phenoxy) is 1. The van der Waals surface area contributed by atoms with E-state index in [1.54, 1.807) is 6.07 Å². The number of carbonyl (C=O) groups is 1. The molecule has 2 heterocycles. The first-order valence-corrected chi connectivity index (χ1v) is 9.70. The second-order valence-electron chi connectivity index (χ2n) is 6.62. The molecule has 0 atom stereocenters. The van der Waals surface area contributed by atoms with Crippen LogP contribution in [0.3, 0.4) is 0 Å². The van der Waals surface area contributed by atoms with E-state index in [0.717, 1.165) is 16.6 Å². The van der Waals surface area contributed by atoms with Gasteiger partial charge < -0.3 is 9.30 Å². The SMILES string of the molecule is CCn1c2ccccc2c2cc(/C=C3\Oc4ccc(Br)cc4C3=O)ccc21. The fraction of sp³-hybridized carbons (Fsp3) is 0.0870. The first kappa shape index (κ1) is 16.3. The summed E-state index contributed by atoms with van der Waals surface area (Å²) in [7, 11) is 0. The lowest BCUT2D eigenvalue weighted by atomic mass is 10.1. The Labute approximate surface area is 165 Å². The lowest BCUT2D eigenvalue weighted by Gasteiger charge is -2.03. The highest BCUT2D eigenvalue weighted by Gasteiger charge is 2.27. The standard InChI is InChI=1S/C23H16BrNO2/c1-2-25-19-6-4-3-5-16(19)17-11-14(7-9-20(17)25)12-22-23(26)18-13-15(24)8-10-21(18)27-22/h3-13H,2H2,1H3/b22-12-. The fourth-order valence-corrected chi connectivity index (χ4v) is 4.18. The molecule has 4 aromatic rings. The van der Waals surface area contributed by atoms with Crippen LogP contribution in [-0.4, -0.2) is 10.4 Å². The maximum Gasteiger partial charge on any atom is 0.232 e. The Kier molecular flexibility index (Phi) is 3.69. The number of carbonyl (C=O) groups excluding carboxylic acids is 1. The molecule has 1 aliphatic heterocycles. The smallest absolute Gasteiger partial charge is 0.232 e. The number of halogens is 1. The molecule has 0 aliphatic carbocycles. The van der Waals surface area contributed by atoms with E-state index in [2.05, 4.69) is 63.8 Å². The number of fused-ring (bicyclic) bond motifs is 4. The predicted molar refractivity (Wildman–Crippen MR) is 112 cm³/mol. The minimum atomic E-state index is -0.0811. The molecule has 0 spiro atoms. The molecule has 4 heteroatoms. The third-order valence-corrected chi connectivity index (χ3v) is 5.53. The molecule has 0 fully saturated rings. The molecule has 1 aromatic heterocycles. The van der Waals surface area contributed by atoms with Gasteiger partial charge in [-0.1, -0.05) is 40.2 Å². The van der Waals surface area contributed by atoms with Crippen molar-refractivity contribution in [3.63, 3.8) is 0 Å². The summed E-state index contributed by atoms with van der Waals surface area (Å²) >= 11 is 3.41. The summed E-state index contributed by atoms with van der Waals surface area (Å²) in [6, 6.07) is 20.2. The highest BCUT2D eigenvalue weighted by atomic mass is 79.9. The number of allylic oxidation sites excluding steroid dienone is 1. The van der Waals surface area contributed by atoms with Crippen molar-refractivity contribution in [1.29, 1.82) is 0 Å². The largest absolute Gasteiger partial charge is 0.452 e. The number of hydrogen-bond acceptors (Lipinski definition) is 2. The first-order valence-electron chi connectivity index (χ1n) is 8.90. The van der Waals surface area contributed by atoms with Crippen molar-refractivity contribution >= 4 is 49.6 Å². The zero-order chi connectivity index (χ0) is 18.5. The number of nitrogens with zero attached hydrogens (tertiary/aromatic N) is 1. The van der Waals surface area contributed by atoms with Gasteiger partial charge in [0, 0.05) is 32.8 Å². The highest BCUT2D eigenvalue weighted by Crippen LogP contribution is 2.35. The topological polar surface area (TPSA) is 31.2 Å². The molecular weight excluding hydrogens is 402 g/mol. The second-order valence-corrected chi connectivity index (χ2v) is 7.53. The number of para-hydroxylation sites is 1. The average Bonchev–Trinajstić information content (AvgIpc) is 3.16. The van der Waals surface area contributed by atoms with Gasteiger partial charge in [0.2, 0.25) is 5.78 Å². The third kappa shape index (κ3) is 2.52. The van der Waals surface area contributed by atoms with E-state index < -0.39 is 0 Å². The number of Topliss-reactive ketones (excluding diaryl/α,β-unsaturated/α-hetero) is 1. The Morgan fingerprint density at radius 2 is 1.81 bits per heavy atom. The van der Waals surface area contributed by atoms with Gasteiger partial charge in [0.1, 0.15) is 5.75 Å². The predicted octanol–water partition coefficient (Wildman–Crippen LogP) is 6.19. The van der Waals surface area contributed by atoms with Crippen LogP contribution < -0.4 is 4.74 Å². The maximum atomic E-state index is 12.7. The molecule has 27 heavy (non-hydrogen) atoms. The monoisotopic (exact) mass is 417 g/mol. The normalized spacial score (nSPS) is 14.9. The second kappa shape index (κ2) is 6.10. The molecule has 0 saturated heterocycles. The molecule has 0 N–H and O–H groups in total. The maximum absolute atomic E-state index is 12.7. The van der Waals surface area contributed by atoms with E-state index in [-0.39, 0.29) is 5.78 Å². The van der Waals surface area contributed by atoms with Crippen LogP contribution in [0, 0.1) is 0 Å². The lowest BCUT2D eigenvalue weighted by Crippen LogP contribution is -1.98. The first-order chi connectivity index (χ1) is 13.2. The Balaban J connectivity index is 1.64. The minimum Gasteiger partial charge on any atom is -0.452 e. The van der Waals surface area contributed by atoms with Crippen molar-refractivity contribution in [2.75, 3.05) is 0 Å². The van der Waals surface area contributed by atoms with E-state index in [4.69, 9.17) is 4.74 Å². The van der Waals surface area contributed by atoms with Gasteiger partial charge in [0.05, 0.1) is 5.56 Å².